The fourth-order valence-corrected chi connectivity index (χ4v) is 3.67. The van der Waals surface area contributed by atoms with E-state index in [1.54, 1.807) is 0 Å². The molecule has 1 heterocycles. The number of nitrogens with one attached hydrogen (secondary N) is 1. The summed E-state index contributed by atoms with van der Waals surface area (Å²) in [7, 11) is 0. The molecule has 1 aliphatic carbocycles. The van der Waals surface area contributed by atoms with Crippen LogP contribution in [0.15, 0.2) is 35.5 Å². The number of thioether (sulfide) groups is 1. The molecule has 26 heavy (non-hydrogen) atoms. The Hall–Kier alpha value is -1.82. The van der Waals surface area contributed by atoms with Gasteiger partial charge in [-0.1, -0.05) is 43.8 Å². The molecule has 1 amide bonds. The van der Waals surface area contributed by atoms with E-state index in [0.29, 0.717) is 17.6 Å². The van der Waals surface area contributed by atoms with Gasteiger partial charge in [-0.3, -0.25) is 9.36 Å². The Morgan fingerprint density at radius 3 is 2.58 bits per heavy atom. The number of nitrogens with zero attached hydrogens (tertiary/aromatic N) is 3. The summed E-state index contributed by atoms with van der Waals surface area (Å²) in [5, 5.41) is 12.6. The lowest BCUT2D eigenvalue weighted by Crippen LogP contribution is -2.34. The number of amides is 1. The van der Waals surface area contributed by atoms with Gasteiger partial charge in [0.15, 0.2) is 5.16 Å². The van der Waals surface area contributed by atoms with E-state index in [1.165, 1.54) is 24.6 Å². The van der Waals surface area contributed by atoms with Gasteiger partial charge in [0.25, 0.3) is 0 Å². The number of carbonyl (C=O) groups excluding carboxylic acids is 1. The Kier molecular flexibility index (Phi) is 6.35. The van der Waals surface area contributed by atoms with Crippen molar-refractivity contribution in [2.45, 2.75) is 63.6 Å². The van der Waals surface area contributed by atoms with Crippen molar-refractivity contribution in [1.82, 2.24) is 20.1 Å². The summed E-state index contributed by atoms with van der Waals surface area (Å²) in [4.78, 5) is 12.3. The normalized spacial score (nSPS) is 15.2. The Labute approximate surface area is 160 Å². The molecule has 0 spiro atoms. The largest absolute Gasteiger partial charge is 0.353 e. The zero-order chi connectivity index (χ0) is 18.5. The van der Waals surface area contributed by atoms with Crippen LogP contribution < -0.4 is 5.32 Å². The lowest BCUT2D eigenvalue weighted by molar-refractivity contribution is -0.119. The van der Waals surface area contributed by atoms with Crippen LogP contribution >= 0.6 is 11.8 Å². The fourth-order valence-electron chi connectivity index (χ4n) is 2.90. The summed E-state index contributed by atoms with van der Waals surface area (Å²) >= 11 is 1.46. The molecule has 1 aromatic carbocycles. The van der Waals surface area contributed by atoms with Crippen LogP contribution in [0.2, 0.25) is 0 Å². The molecule has 1 unspecified atom stereocenters. The van der Waals surface area contributed by atoms with E-state index < -0.39 is 0 Å². The fraction of sp³-hybridized carbons (Fsp3) is 0.550. The molecule has 0 bridgehead atoms. The maximum atomic E-state index is 12.3. The van der Waals surface area contributed by atoms with Gasteiger partial charge in [-0.25, -0.2) is 0 Å². The van der Waals surface area contributed by atoms with Gasteiger partial charge in [-0.05, 0) is 50.7 Å². The molecule has 0 radical (unpaired) electrons. The first-order valence-corrected chi connectivity index (χ1v) is 10.5. The van der Waals surface area contributed by atoms with Crippen molar-refractivity contribution in [3.63, 3.8) is 0 Å². The second kappa shape index (κ2) is 8.71. The number of benzene rings is 1. The first kappa shape index (κ1) is 19.0. The van der Waals surface area contributed by atoms with Gasteiger partial charge in [0, 0.05) is 17.6 Å². The number of hydrogen-bond donors (Lipinski definition) is 1. The van der Waals surface area contributed by atoms with Crippen LogP contribution in [0.5, 0.6) is 0 Å². The molecular weight excluding hydrogens is 344 g/mol. The van der Waals surface area contributed by atoms with Crippen molar-refractivity contribution >= 4 is 17.7 Å². The van der Waals surface area contributed by atoms with Crippen LogP contribution in [-0.2, 0) is 4.79 Å². The van der Waals surface area contributed by atoms with Crippen molar-refractivity contribution in [3.8, 4) is 5.69 Å². The first-order chi connectivity index (χ1) is 12.5. The summed E-state index contributed by atoms with van der Waals surface area (Å²) in [6, 6.07) is 10.4. The van der Waals surface area contributed by atoms with E-state index in [0.717, 1.165) is 29.5 Å². The minimum atomic E-state index is 0.0573. The Bertz CT molecular complexity index is 725. The molecular formula is C20H28N4OS. The van der Waals surface area contributed by atoms with Gasteiger partial charge >= 0.3 is 0 Å². The van der Waals surface area contributed by atoms with Gasteiger partial charge < -0.3 is 5.32 Å². The predicted molar refractivity (Wildman–Crippen MR) is 106 cm³/mol. The zero-order valence-electron chi connectivity index (χ0n) is 15.8. The Morgan fingerprint density at radius 2 is 1.92 bits per heavy atom. The van der Waals surface area contributed by atoms with Crippen LogP contribution in [0, 0.1) is 5.92 Å². The highest BCUT2D eigenvalue weighted by Gasteiger charge is 2.31. The molecule has 1 N–H and O–H groups in total. The second-order valence-corrected chi connectivity index (χ2v) is 8.46. The number of rotatable bonds is 9. The Balaban J connectivity index is 1.62. The predicted octanol–water partition coefficient (Wildman–Crippen LogP) is 4.18. The van der Waals surface area contributed by atoms with Gasteiger partial charge in [0.2, 0.25) is 5.91 Å². The Morgan fingerprint density at radius 1 is 1.19 bits per heavy atom. The maximum absolute atomic E-state index is 12.3. The molecule has 3 rings (SSSR count). The molecule has 1 saturated carbocycles. The highest BCUT2D eigenvalue weighted by molar-refractivity contribution is 7.99. The second-order valence-electron chi connectivity index (χ2n) is 7.51. The quantitative estimate of drug-likeness (QED) is 0.671. The van der Waals surface area contributed by atoms with Crippen molar-refractivity contribution in [2.24, 2.45) is 5.92 Å². The summed E-state index contributed by atoms with van der Waals surface area (Å²) < 4.78 is 2.11. The van der Waals surface area contributed by atoms with E-state index in [4.69, 9.17) is 0 Å². The SMILES string of the molecule is CC(C)CCC(C)NC(=O)CSc1nnc(C2CC2)n1-c1ccccc1. The number of aromatic nitrogens is 3. The van der Waals surface area contributed by atoms with Crippen molar-refractivity contribution in [1.29, 1.82) is 0 Å². The average molecular weight is 373 g/mol. The maximum Gasteiger partial charge on any atom is 0.230 e. The van der Waals surface area contributed by atoms with Crippen LogP contribution in [0.4, 0.5) is 0 Å². The summed E-state index contributed by atoms with van der Waals surface area (Å²) in [6.45, 7) is 6.49. The van der Waals surface area contributed by atoms with Crippen LogP contribution in [-0.4, -0.2) is 32.5 Å². The van der Waals surface area contributed by atoms with Gasteiger partial charge in [-0.15, -0.1) is 10.2 Å². The monoisotopic (exact) mass is 372 g/mol. The topological polar surface area (TPSA) is 59.8 Å². The van der Waals surface area contributed by atoms with Gasteiger partial charge in [0.1, 0.15) is 5.82 Å². The third-order valence-corrected chi connectivity index (χ3v) is 5.46. The van der Waals surface area contributed by atoms with Crippen LogP contribution in [0.1, 0.15) is 58.2 Å². The van der Waals surface area contributed by atoms with Crippen molar-refractivity contribution in [2.75, 3.05) is 5.75 Å². The molecule has 140 valence electrons. The van der Waals surface area contributed by atoms with E-state index in [9.17, 15) is 4.79 Å². The lowest BCUT2D eigenvalue weighted by atomic mass is 10.0. The third-order valence-electron chi connectivity index (χ3n) is 4.53. The minimum Gasteiger partial charge on any atom is -0.353 e. The highest BCUT2D eigenvalue weighted by Crippen LogP contribution is 2.41. The minimum absolute atomic E-state index is 0.0573. The van der Waals surface area contributed by atoms with E-state index in [1.807, 2.05) is 18.2 Å². The molecule has 1 aromatic heterocycles. The smallest absolute Gasteiger partial charge is 0.230 e. The molecule has 6 heteroatoms. The zero-order valence-corrected chi connectivity index (χ0v) is 16.6. The highest BCUT2D eigenvalue weighted by atomic mass is 32.2. The molecule has 1 atom stereocenters. The summed E-state index contributed by atoms with van der Waals surface area (Å²) in [6.07, 6.45) is 4.48. The van der Waals surface area contributed by atoms with Gasteiger partial charge in [-0.2, -0.15) is 0 Å². The third kappa shape index (κ3) is 5.10. The van der Waals surface area contributed by atoms with E-state index >= 15 is 0 Å². The molecule has 5 nitrogen and oxygen atoms in total. The number of hydrogen-bond acceptors (Lipinski definition) is 4. The molecule has 1 aliphatic rings. The van der Waals surface area contributed by atoms with Crippen LogP contribution in [0.25, 0.3) is 5.69 Å². The molecule has 0 saturated heterocycles. The van der Waals surface area contributed by atoms with Crippen molar-refractivity contribution in [3.05, 3.63) is 36.2 Å². The van der Waals surface area contributed by atoms with E-state index in [-0.39, 0.29) is 11.9 Å². The summed E-state index contributed by atoms with van der Waals surface area (Å²) in [5.41, 5.74) is 1.06. The summed E-state index contributed by atoms with van der Waals surface area (Å²) in [5.74, 6) is 2.60. The van der Waals surface area contributed by atoms with Crippen molar-refractivity contribution < 1.29 is 4.79 Å². The standard InChI is InChI=1S/C20H28N4OS/c1-14(2)9-10-15(3)21-18(25)13-26-20-23-22-19(16-11-12-16)24(20)17-7-5-4-6-8-17/h4-8,14-16H,9-13H2,1-3H3,(H,21,25). The lowest BCUT2D eigenvalue weighted by Gasteiger charge is -2.15. The van der Waals surface area contributed by atoms with Crippen LogP contribution in [0.3, 0.4) is 0 Å². The molecule has 0 aliphatic heterocycles. The molecule has 2 aromatic rings. The first-order valence-electron chi connectivity index (χ1n) is 9.47. The average Bonchev–Trinajstić information content (AvgIpc) is 3.38. The molecule has 1 fully saturated rings. The van der Waals surface area contributed by atoms with Gasteiger partial charge in [0.05, 0.1) is 5.75 Å². The number of carbonyl (C=O) groups is 1. The number of para-hydroxylation sites is 1. The van der Waals surface area contributed by atoms with E-state index in [2.05, 4.69) is 53.0 Å².